The molecular weight excluding hydrogens is 348 g/mol. The summed E-state index contributed by atoms with van der Waals surface area (Å²) < 4.78 is 24.3. The number of aromatic nitrogens is 1. The molecule has 0 saturated heterocycles. The largest absolute Gasteiger partial charge is 0.335 e. The average Bonchev–Trinajstić information content (AvgIpc) is 3.01. The van der Waals surface area contributed by atoms with E-state index in [1.807, 2.05) is 19.1 Å². The molecule has 0 spiro atoms. The predicted molar refractivity (Wildman–Crippen MR) is 102 cm³/mol. The smallest absolute Gasteiger partial charge is 0.254 e. The van der Waals surface area contributed by atoms with Crippen molar-refractivity contribution in [3.8, 4) is 0 Å². The molecule has 0 N–H and O–H groups in total. The van der Waals surface area contributed by atoms with Crippen LogP contribution in [0.3, 0.4) is 0 Å². The normalized spacial score (nSPS) is 16.8. The molecule has 0 aliphatic carbocycles. The second-order valence-corrected chi connectivity index (χ2v) is 8.46. The molecular formula is C20H22N2O3S. The van der Waals surface area contributed by atoms with Gasteiger partial charge < -0.3 is 4.90 Å². The minimum atomic E-state index is -3.24. The summed E-state index contributed by atoms with van der Waals surface area (Å²) in [5, 5.41) is 0. The lowest BCUT2D eigenvalue weighted by Crippen LogP contribution is -2.31. The number of hydrogen-bond donors (Lipinski definition) is 0. The van der Waals surface area contributed by atoms with Crippen LogP contribution in [-0.4, -0.2) is 37.0 Å². The number of sulfone groups is 1. The summed E-state index contributed by atoms with van der Waals surface area (Å²) in [6.07, 6.45) is 6.48. The van der Waals surface area contributed by atoms with Gasteiger partial charge in [0.15, 0.2) is 9.84 Å². The van der Waals surface area contributed by atoms with Crippen LogP contribution in [0.15, 0.2) is 54.9 Å². The van der Waals surface area contributed by atoms with Gasteiger partial charge >= 0.3 is 0 Å². The van der Waals surface area contributed by atoms with E-state index >= 15 is 0 Å². The maximum atomic E-state index is 13.0. The van der Waals surface area contributed by atoms with Crippen molar-refractivity contribution in [3.63, 3.8) is 0 Å². The Labute approximate surface area is 154 Å². The van der Waals surface area contributed by atoms with E-state index < -0.39 is 9.84 Å². The van der Waals surface area contributed by atoms with Crippen molar-refractivity contribution in [1.82, 2.24) is 9.88 Å². The molecule has 0 saturated carbocycles. The number of carbonyl (C=O) groups is 1. The van der Waals surface area contributed by atoms with Crippen LogP contribution in [0.5, 0.6) is 0 Å². The lowest BCUT2D eigenvalue weighted by molar-refractivity contribution is 0.0726. The maximum Gasteiger partial charge on any atom is 0.254 e. The van der Waals surface area contributed by atoms with Crippen LogP contribution in [0.1, 0.15) is 47.3 Å². The second kappa shape index (κ2) is 7.41. The Morgan fingerprint density at radius 1 is 1.27 bits per heavy atom. The van der Waals surface area contributed by atoms with E-state index in [4.69, 9.17) is 0 Å². The van der Waals surface area contributed by atoms with Gasteiger partial charge in [0, 0.05) is 25.0 Å². The van der Waals surface area contributed by atoms with Gasteiger partial charge in [-0.25, -0.2) is 8.42 Å². The van der Waals surface area contributed by atoms with Crippen LogP contribution in [0.2, 0.25) is 0 Å². The number of pyridine rings is 1. The second-order valence-electron chi connectivity index (χ2n) is 6.38. The third kappa shape index (κ3) is 3.55. The van der Waals surface area contributed by atoms with Crippen molar-refractivity contribution >= 4 is 20.6 Å². The monoisotopic (exact) mass is 370 g/mol. The summed E-state index contributed by atoms with van der Waals surface area (Å²) in [6, 6.07) is 10.6. The topological polar surface area (TPSA) is 67.3 Å². The van der Waals surface area contributed by atoms with Crippen molar-refractivity contribution < 1.29 is 13.2 Å². The van der Waals surface area contributed by atoms with Gasteiger partial charge in [0.1, 0.15) is 0 Å². The van der Waals surface area contributed by atoms with E-state index in [2.05, 4.69) is 4.98 Å². The van der Waals surface area contributed by atoms with E-state index in [0.717, 1.165) is 12.0 Å². The van der Waals surface area contributed by atoms with E-state index in [0.29, 0.717) is 22.5 Å². The van der Waals surface area contributed by atoms with Gasteiger partial charge in [-0.1, -0.05) is 31.2 Å². The van der Waals surface area contributed by atoms with Crippen molar-refractivity contribution in [1.29, 1.82) is 0 Å². The standard InChI is InChI=1S/C20H22N2O3S/c1-3-18(17-9-5-11-21-14-17)22(2)20(23)16-8-4-7-15(13-16)19-10-6-12-26(19,24)25/h4-5,7-11,13-14,18H,3,6,12H2,1-2H3. The molecule has 0 radical (unpaired) electrons. The maximum absolute atomic E-state index is 13.0. The van der Waals surface area contributed by atoms with Crippen LogP contribution in [0.4, 0.5) is 0 Å². The van der Waals surface area contributed by atoms with Gasteiger partial charge in [-0.15, -0.1) is 0 Å². The Bertz CT molecular complexity index is 937. The Morgan fingerprint density at radius 2 is 2.08 bits per heavy atom. The third-order valence-electron chi connectivity index (χ3n) is 4.69. The van der Waals surface area contributed by atoms with Crippen molar-refractivity contribution in [2.45, 2.75) is 25.8 Å². The van der Waals surface area contributed by atoms with Gasteiger partial charge in [-0.2, -0.15) is 0 Å². The lowest BCUT2D eigenvalue weighted by Gasteiger charge is -2.27. The molecule has 2 heterocycles. The molecule has 3 rings (SSSR count). The van der Waals surface area contributed by atoms with Crippen LogP contribution < -0.4 is 0 Å². The highest BCUT2D eigenvalue weighted by atomic mass is 32.2. The number of rotatable bonds is 5. The van der Waals surface area contributed by atoms with Crippen LogP contribution in [0.25, 0.3) is 4.91 Å². The number of amides is 1. The van der Waals surface area contributed by atoms with Crippen LogP contribution in [-0.2, 0) is 9.84 Å². The number of benzene rings is 1. The number of hydrogen-bond acceptors (Lipinski definition) is 4. The molecule has 1 aliphatic rings. The van der Waals surface area contributed by atoms with Crippen LogP contribution in [0, 0.1) is 0 Å². The van der Waals surface area contributed by atoms with Crippen molar-refractivity contribution in [3.05, 3.63) is 71.6 Å². The molecule has 1 aromatic carbocycles. The average molecular weight is 370 g/mol. The van der Waals surface area contributed by atoms with Gasteiger partial charge in [-0.3, -0.25) is 9.78 Å². The zero-order valence-electron chi connectivity index (χ0n) is 14.9. The molecule has 1 amide bonds. The summed E-state index contributed by atoms with van der Waals surface area (Å²) in [7, 11) is -1.47. The Hall–Kier alpha value is -2.47. The first-order valence-electron chi connectivity index (χ1n) is 8.64. The summed E-state index contributed by atoms with van der Waals surface area (Å²) in [6.45, 7) is 2.02. The van der Waals surface area contributed by atoms with Gasteiger partial charge in [0.2, 0.25) is 0 Å². The quantitative estimate of drug-likeness (QED) is 0.808. The highest BCUT2D eigenvalue weighted by Gasteiger charge is 2.26. The molecule has 1 aliphatic heterocycles. The fourth-order valence-electron chi connectivity index (χ4n) is 3.34. The minimum absolute atomic E-state index is 0.0886. The molecule has 0 fully saturated rings. The molecule has 1 unspecified atom stereocenters. The van der Waals surface area contributed by atoms with E-state index in [9.17, 15) is 13.2 Å². The summed E-state index contributed by atoms with van der Waals surface area (Å²) in [4.78, 5) is 19.1. The Balaban J connectivity index is 1.89. The minimum Gasteiger partial charge on any atom is -0.335 e. The number of allylic oxidation sites excluding steroid dienone is 1. The summed E-state index contributed by atoms with van der Waals surface area (Å²) >= 11 is 0. The molecule has 136 valence electrons. The first kappa shape index (κ1) is 18.3. The fourth-order valence-corrected chi connectivity index (χ4v) is 4.84. The van der Waals surface area contributed by atoms with Crippen molar-refractivity contribution in [2.75, 3.05) is 12.8 Å². The molecule has 2 aromatic rings. The van der Waals surface area contributed by atoms with Crippen LogP contribution >= 0.6 is 0 Å². The molecule has 1 aromatic heterocycles. The highest BCUT2D eigenvalue weighted by molar-refractivity contribution is 8.00. The predicted octanol–water partition coefficient (Wildman–Crippen LogP) is 3.46. The van der Waals surface area contributed by atoms with E-state index in [1.165, 1.54) is 0 Å². The molecule has 1 atom stereocenters. The SMILES string of the molecule is CCC(c1cccnc1)N(C)C(=O)c1cccc(C2=CCCS2(=O)=O)c1. The fraction of sp³-hybridized carbons (Fsp3) is 0.300. The van der Waals surface area contributed by atoms with E-state index in [1.54, 1.807) is 54.7 Å². The number of nitrogens with zero attached hydrogens (tertiary/aromatic N) is 2. The van der Waals surface area contributed by atoms with Gasteiger partial charge in [-0.05, 0) is 42.2 Å². The Kier molecular flexibility index (Phi) is 5.23. The molecule has 26 heavy (non-hydrogen) atoms. The molecule has 5 nitrogen and oxygen atoms in total. The first-order valence-corrected chi connectivity index (χ1v) is 10.3. The third-order valence-corrected chi connectivity index (χ3v) is 6.53. The Morgan fingerprint density at radius 3 is 2.69 bits per heavy atom. The molecule has 6 heteroatoms. The summed E-state index contributed by atoms with van der Waals surface area (Å²) in [5.74, 6) is -0.00201. The zero-order valence-corrected chi connectivity index (χ0v) is 15.7. The van der Waals surface area contributed by atoms with Gasteiger partial charge in [0.25, 0.3) is 5.91 Å². The number of carbonyl (C=O) groups excluding carboxylic acids is 1. The van der Waals surface area contributed by atoms with Crippen molar-refractivity contribution in [2.24, 2.45) is 0 Å². The van der Waals surface area contributed by atoms with E-state index in [-0.39, 0.29) is 17.7 Å². The first-order chi connectivity index (χ1) is 12.4. The zero-order chi connectivity index (χ0) is 18.7. The lowest BCUT2D eigenvalue weighted by atomic mass is 10.0. The molecule has 0 bridgehead atoms. The highest BCUT2D eigenvalue weighted by Crippen LogP contribution is 2.30. The van der Waals surface area contributed by atoms with Gasteiger partial charge in [0.05, 0.1) is 16.7 Å². The summed E-state index contributed by atoms with van der Waals surface area (Å²) in [5.41, 5.74) is 2.04.